The molecule has 1 aliphatic rings. The molecule has 5 rings (SSSR count). The van der Waals surface area contributed by atoms with Gasteiger partial charge in [-0.05, 0) is 49.1 Å². The van der Waals surface area contributed by atoms with Gasteiger partial charge in [-0.2, -0.15) is 0 Å². The Kier molecular flexibility index (Phi) is 6.18. The lowest BCUT2D eigenvalue weighted by Gasteiger charge is -2.28. The Morgan fingerprint density at radius 2 is 1.92 bits per heavy atom. The van der Waals surface area contributed by atoms with Gasteiger partial charge in [-0.25, -0.2) is 19.0 Å². The van der Waals surface area contributed by atoms with Gasteiger partial charge in [0.15, 0.2) is 0 Å². The number of rotatable bonds is 5. The average Bonchev–Trinajstić information content (AvgIpc) is 3.28. The minimum Gasteiger partial charge on any atom is -0.478 e. The van der Waals surface area contributed by atoms with Crippen LogP contribution in [0.25, 0.3) is 22.4 Å². The van der Waals surface area contributed by atoms with Crippen LogP contribution in [0.2, 0.25) is 0 Å². The van der Waals surface area contributed by atoms with E-state index in [4.69, 9.17) is 9.72 Å². The summed E-state index contributed by atoms with van der Waals surface area (Å²) in [4.78, 5) is 30.2. The fourth-order valence-corrected chi connectivity index (χ4v) is 5.00. The first-order valence-electron chi connectivity index (χ1n) is 11.8. The van der Waals surface area contributed by atoms with Crippen LogP contribution in [0, 0.1) is 5.82 Å². The smallest absolute Gasteiger partial charge is 0.409 e. The van der Waals surface area contributed by atoms with E-state index in [9.17, 15) is 19.1 Å². The van der Waals surface area contributed by atoms with Crippen LogP contribution in [0.4, 0.5) is 9.18 Å². The van der Waals surface area contributed by atoms with Crippen molar-refractivity contribution in [3.05, 3.63) is 88.7 Å². The summed E-state index contributed by atoms with van der Waals surface area (Å²) >= 11 is 0. The number of aromatic carboxylic acids is 1. The number of fused-ring (bicyclic) bond motifs is 3. The van der Waals surface area contributed by atoms with E-state index < -0.39 is 11.8 Å². The van der Waals surface area contributed by atoms with Crippen LogP contribution in [-0.4, -0.2) is 45.3 Å². The molecule has 4 aromatic rings. The van der Waals surface area contributed by atoms with Gasteiger partial charge in [0.25, 0.3) is 0 Å². The third kappa shape index (κ3) is 4.19. The van der Waals surface area contributed by atoms with Crippen LogP contribution in [0.1, 0.15) is 40.0 Å². The van der Waals surface area contributed by atoms with E-state index in [1.807, 2.05) is 24.3 Å². The lowest BCUT2D eigenvalue weighted by Crippen LogP contribution is -2.35. The fourth-order valence-electron chi connectivity index (χ4n) is 5.00. The molecule has 0 saturated carbocycles. The molecule has 8 heteroatoms. The molecule has 0 radical (unpaired) electrons. The number of benzene rings is 3. The first-order valence-corrected chi connectivity index (χ1v) is 11.8. The highest BCUT2D eigenvalue weighted by Gasteiger charge is 2.27. The number of carbonyl (C=O) groups is 2. The molecule has 7 nitrogen and oxygen atoms in total. The van der Waals surface area contributed by atoms with Crippen molar-refractivity contribution >= 4 is 23.1 Å². The molecule has 2 heterocycles. The molecule has 3 aromatic carbocycles. The molecule has 1 aliphatic heterocycles. The average molecular weight is 488 g/mol. The number of carboxylic acids is 1. The lowest BCUT2D eigenvalue weighted by molar-refractivity contribution is 0.0691. The maximum absolute atomic E-state index is 14.7. The number of methoxy groups -OCH3 is 1. The standard InChI is InChI=1S/C28H26FN3O4/c1-17(14-18-6-4-3-5-7-18)32-24-11-9-19-12-13-31(28(35)36-2)16-22(19)25(24)30-26(32)20-8-10-21(27(33)34)23(29)15-20/h3-11,15,17H,12-14,16H2,1-2H3,(H,33,34)/t17-/m1/s1. The summed E-state index contributed by atoms with van der Waals surface area (Å²) in [6.45, 7) is 3.01. The van der Waals surface area contributed by atoms with Gasteiger partial charge >= 0.3 is 12.1 Å². The van der Waals surface area contributed by atoms with E-state index in [-0.39, 0.29) is 17.7 Å². The number of carboxylic acid groups (broad SMARTS) is 1. The Labute approximate surface area is 207 Å². The van der Waals surface area contributed by atoms with Gasteiger partial charge in [0.05, 0.1) is 30.3 Å². The predicted octanol–water partition coefficient (Wildman–Crippen LogP) is 5.47. The Bertz CT molecular complexity index is 1460. The molecule has 1 aromatic heterocycles. The first kappa shape index (κ1) is 23.5. The van der Waals surface area contributed by atoms with Crippen LogP contribution in [0.3, 0.4) is 0 Å². The quantitative estimate of drug-likeness (QED) is 0.404. The number of halogens is 1. The van der Waals surface area contributed by atoms with E-state index in [2.05, 4.69) is 29.7 Å². The molecule has 0 spiro atoms. The second-order valence-electron chi connectivity index (χ2n) is 9.06. The third-order valence-corrected chi connectivity index (χ3v) is 6.77. The summed E-state index contributed by atoms with van der Waals surface area (Å²) in [5.41, 5.74) is 4.94. The van der Waals surface area contributed by atoms with Crippen LogP contribution in [0.5, 0.6) is 0 Å². The third-order valence-electron chi connectivity index (χ3n) is 6.77. The molecule has 36 heavy (non-hydrogen) atoms. The van der Waals surface area contributed by atoms with Crippen molar-refractivity contribution in [2.75, 3.05) is 13.7 Å². The molecular formula is C28H26FN3O4. The molecule has 0 aliphatic carbocycles. The topological polar surface area (TPSA) is 84.7 Å². The molecule has 1 atom stereocenters. The van der Waals surface area contributed by atoms with Gasteiger partial charge < -0.3 is 19.3 Å². The van der Waals surface area contributed by atoms with E-state index in [1.54, 1.807) is 11.0 Å². The molecule has 0 fully saturated rings. The normalized spacial score (nSPS) is 13.9. The van der Waals surface area contributed by atoms with Crippen LogP contribution < -0.4 is 0 Å². The van der Waals surface area contributed by atoms with E-state index in [1.165, 1.54) is 19.2 Å². The molecule has 1 N–H and O–H groups in total. The first-order chi connectivity index (χ1) is 17.4. The fraction of sp³-hybridized carbons (Fsp3) is 0.250. The number of carbonyl (C=O) groups excluding carboxylic acids is 1. The summed E-state index contributed by atoms with van der Waals surface area (Å²) in [7, 11) is 1.37. The van der Waals surface area contributed by atoms with Crippen molar-refractivity contribution in [2.24, 2.45) is 0 Å². The number of hydrogen-bond acceptors (Lipinski definition) is 4. The number of aromatic nitrogens is 2. The summed E-state index contributed by atoms with van der Waals surface area (Å²) in [6.07, 6.45) is 1.02. The Morgan fingerprint density at radius 3 is 2.61 bits per heavy atom. The van der Waals surface area contributed by atoms with Crippen LogP contribution in [0.15, 0.2) is 60.7 Å². The van der Waals surface area contributed by atoms with Crippen molar-refractivity contribution < 1.29 is 23.8 Å². The summed E-state index contributed by atoms with van der Waals surface area (Å²) < 4.78 is 21.7. The highest BCUT2D eigenvalue weighted by atomic mass is 19.1. The molecular weight excluding hydrogens is 461 g/mol. The number of hydrogen-bond donors (Lipinski definition) is 1. The van der Waals surface area contributed by atoms with Gasteiger partial charge in [0, 0.05) is 23.7 Å². The van der Waals surface area contributed by atoms with Gasteiger partial charge in [-0.1, -0.05) is 42.5 Å². The maximum Gasteiger partial charge on any atom is 0.409 e. The minimum absolute atomic E-state index is 0.0343. The minimum atomic E-state index is -1.32. The molecule has 0 saturated heterocycles. The van der Waals surface area contributed by atoms with Crippen molar-refractivity contribution in [1.82, 2.24) is 14.5 Å². The number of ether oxygens (including phenoxy) is 1. The van der Waals surface area contributed by atoms with Crippen molar-refractivity contribution in [1.29, 1.82) is 0 Å². The second kappa shape index (κ2) is 9.45. The van der Waals surface area contributed by atoms with Gasteiger partial charge in [0.1, 0.15) is 11.6 Å². The van der Waals surface area contributed by atoms with Crippen molar-refractivity contribution in [3.63, 3.8) is 0 Å². The van der Waals surface area contributed by atoms with E-state index in [0.29, 0.717) is 30.9 Å². The van der Waals surface area contributed by atoms with Crippen molar-refractivity contribution in [3.8, 4) is 11.4 Å². The van der Waals surface area contributed by atoms with Gasteiger partial charge in [-0.15, -0.1) is 0 Å². The van der Waals surface area contributed by atoms with E-state index >= 15 is 0 Å². The van der Waals surface area contributed by atoms with Gasteiger partial charge in [-0.3, -0.25) is 0 Å². The maximum atomic E-state index is 14.7. The van der Waals surface area contributed by atoms with Crippen molar-refractivity contribution in [2.45, 2.75) is 32.4 Å². The second-order valence-corrected chi connectivity index (χ2v) is 9.06. The lowest BCUT2D eigenvalue weighted by atomic mass is 9.98. The Hall–Kier alpha value is -4.20. The van der Waals surface area contributed by atoms with Crippen LogP contribution in [-0.2, 0) is 24.1 Å². The summed E-state index contributed by atoms with van der Waals surface area (Å²) in [5, 5.41) is 9.27. The largest absolute Gasteiger partial charge is 0.478 e. The SMILES string of the molecule is COC(=O)N1CCc2ccc3c(nc(-c4ccc(C(=O)O)c(F)c4)n3[C@H](C)Cc3ccccc3)c2C1. The molecule has 184 valence electrons. The number of imidazole rings is 1. The Balaban J connectivity index is 1.68. The zero-order valence-corrected chi connectivity index (χ0v) is 20.1. The zero-order chi connectivity index (χ0) is 25.4. The molecule has 0 bridgehead atoms. The summed E-state index contributed by atoms with van der Waals surface area (Å²) in [5.74, 6) is -1.58. The predicted molar refractivity (Wildman–Crippen MR) is 133 cm³/mol. The highest BCUT2D eigenvalue weighted by molar-refractivity contribution is 5.89. The van der Waals surface area contributed by atoms with Gasteiger partial charge in [0.2, 0.25) is 0 Å². The highest BCUT2D eigenvalue weighted by Crippen LogP contribution is 2.35. The molecule has 1 amide bonds. The zero-order valence-electron chi connectivity index (χ0n) is 20.1. The van der Waals surface area contributed by atoms with E-state index in [0.717, 1.165) is 34.1 Å². The number of nitrogens with zero attached hydrogens (tertiary/aromatic N) is 3. The summed E-state index contributed by atoms with van der Waals surface area (Å²) in [6, 6.07) is 18.2. The Morgan fingerprint density at radius 1 is 1.14 bits per heavy atom. The number of amides is 1. The molecule has 0 unspecified atom stereocenters. The monoisotopic (exact) mass is 487 g/mol. The van der Waals surface area contributed by atoms with Crippen LogP contribution >= 0.6 is 0 Å².